The smallest absolute Gasteiger partial charge is 0.305 e. The van der Waals surface area contributed by atoms with Gasteiger partial charge in [0.05, 0.1) is 7.11 Å². The van der Waals surface area contributed by atoms with E-state index in [4.69, 9.17) is 14.9 Å². The molecule has 1 N–H and O–H groups in total. The summed E-state index contributed by atoms with van der Waals surface area (Å²) in [6, 6.07) is 10.8. The monoisotopic (exact) mass is 301 g/mol. The van der Waals surface area contributed by atoms with Gasteiger partial charge in [-0.3, -0.25) is 4.79 Å². The van der Waals surface area contributed by atoms with Crippen molar-refractivity contribution in [2.24, 2.45) is 0 Å². The van der Waals surface area contributed by atoms with Crippen LogP contribution in [-0.4, -0.2) is 30.3 Å². The minimum Gasteiger partial charge on any atom is -0.491 e. The molecule has 2 aromatic rings. The molecule has 0 bridgehead atoms. The minimum atomic E-state index is -0.227. The normalized spacial score (nSPS) is 9.82. The van der Waals surface area contributed by atoms with Gasteiger partial charge in [0.1, 0.15) is 25.4 Å². The number of aromatic amines is 1. The Morgan fingerprint density at radius 2 is 2.09 bits per heavy atom. The number of rotatable bonds is 7. The number of pyridine rings is 1. The molecule has 7 heteroatoms. The van der Waals surface area contributed by atoms with Crippen LogP contribution in [0, 0.1) is 5.39 Å². The average Bonchev–Trinajstić information content (AvgIpc) is 2.55. The molecular weight excluding hydrogens is 284 g/mol. The van der Waals surface area contributed by atoms with Crippen molar-refractivity contribution in [1.29, 1.82) is 5.39 Å². The fourth-order valence-corrected chi connectivity index (χ4v) is 1.89. The molecule has 7 nitrogen and oxygen atoms in total. The van der Waals surface area contributed by atoms with Gasteiger partial charge in [-0.05, 0) is 17.1 Å². The summed E-state index contributed by atoms with van der Waals surface area (Å²) in [6.45, 7) is 0.988. The van der Waals surface area contributed by atoms with Gasteiger partial charge in [0, 0.05) is 18.0 Å². The van der Waals surface area contributed by atoms with Gasteiger partial charge >= 0.3 is 5.08 Å². The van der Waals surface area contributed by atoms with Crippen LogP contribution in [0.2, 0.25) is 0 Å². The van der Waals surface area contributed by atoms with Crippen LogP contribution < -0.4 is 14.9 Å². The van der Waals surface area contributed by atoms with Crippen molar-refractivity contribution in [1.82, 2.24) is 9.99 Å². The highest BCUT2D eigenvalue weighted by Crippen LogP contribution is 2.09. The zero-order valence-electron chi connectivity index (χ0n) is 12.2. The summed E-state index contributed by atoms with van der Waals surface area (Å²) in [5, 5.41) is 13.6. The molecule has 0 saturated heterocycles. The first-order chi connectivity index (χ1) is 10.7. The van der Waals surface area contributed by atoms with E-state index < -0.39 is 0 Å². The number of aromatic nitrogens is 1. The van der Waals surface area contributed by atoms with Gasteiger partial charge in [-0.15, -0.1) is 0 Å². The lowest BCUT2D eigenvalue weighted by Gasteiger charge is -2.08. The molecule has 0 atom stereocenters. The number of ether oxygens (including phenoxy) is 2. The molecule has 0 spiro atoms. The predicted octanol–water partition coefficient (Wildman–Crippen LogP) is 2.03. The number of hydrogen-bond donors (Lipinski definition) is 1. The van der Waals surface area contributed by atoms with Gasteiger partial charge < -0.3 is 14.5 Å². The van der Waals surface area contributed by atoms with Gasteiger partial charge in [-0.1, -0.05) is 18.2 Å². The maximum Gasteiger partial charge on any atom is 0.305 e. The maximum atomic E-state index is 11.7. The van der Waals surface area contributed by atoms with Crippen LogP contribution in [0.4, 0.5) is 0 Å². The molecule has 1 aromatic heterocycles. The third kappa shape index (κ3) is 4.24. The lowest BCUT2D eigenvalue weighted by Crippen LogP contribution is -2.23. The van der Waals surface area contributed by atoms with E-state index in [9.17, 15) is 4.79 Å². The summed E-state index contributed by atoms with van der Waals surface area (Å²) < 4.78 is 10.4. The summed E-state index contributed by atoms with van der Waals surface area (Å²) in [7, 11) is 1.43. The molecule has 114 valence electrons. The van der Waals surface area contributed by atoms with Crippen molar-refractivity contribution >= 4 is 0 Å². The molecule has 0 aliphatic carbocycles. The van der Waals surface area contributed by atoms with Crippen LogP contribution >= 0.6 is 0 Å². The van der Waals surface area contributed by atoms with Gasteiger partial charge in [-0.2, -0.15) is 0 Å². The number of para-hydroxylation sites is 1. The van der Waals surface area contributed by atoms with E-state index in [0.717, 1.165) is 5.75 Å². The third-order valence-corrected chi connectivity index (χ3v) is 3.00. The number of diazo groups is 1. The number of nitrogens with one attached hydrogen (secondary N) is 1. The van der Waals surface area contributed by atoms with Crippen molar-refractivity contribution in [3.05, 3.63) is 63.6 Å². The summed E-state index contributed by atoms with van der Waals surface area (Å²) in [4.78, 5) is 14.6. The van der Waals surface area contributed by atoms with Gasteiger partial charge in [0.2, 0.25) is 5.43 Å². The van der Waals surface area contributed by atoms with Crippen LogP contribution in [0.15, 0.2) is 47.4 Å². The number of hydrogen-bond acceptors (Lipinski definition) is 5. The lowest BCUT2D eigenvalue weighted by molar-refractivity contribution is 0.244. The van der Waals surface area contributed by atoms with E-state index >= 15 is 0 Å². The first-order valence-corrected chi connectivity index (χ1v) is 6.76. The topological polar surface area (TPSA) is 82.7 Å². The highest BCUT2D eigenvalue weighted by molar-refractivity contribution is 5.21. The highest BCUT2D eigenvalue weighted by Gasteiger charge is 2.15. The number of benzene rings is 1. The minimum absolute atomic E-state index is 0.227. The largest absolute Gasteiger partial charge is 0.491 e. The average molecular weight is 301 g/mol. The first-order valence-electron chi connectivity index (χ1n) is 6.76. The Morgan fingerprint density at radius 1 is 1.32 bits per heavy atom. The molecule has 1 aromatic carbocycles. The summed E-state index contributed by atoms with van der Waals surface area (Å²) in [5.41, 5.74) is 0.387. The van der Waals surface area contributed by atoms with Crippen molar-refractivity contribution in [2.45, 2.75) is 6.54 Å². The molecule has 0 fully saturated rings. The Labute approximate surface area is 127 Å². The van der Waals surface area contributed by atoms with E-state index in [1.54, 1.807) is 0 Å². The number of methoxy groups -OCH3 is 1. The predicted molar refractivity (Wildman–Crippen MR) is 81.0 cm³/mol. The number of nitrogens with zero attached hydrogens (tertiary/aromatic N) is 3. The van der Waals surface area contributed by atoms with Crippen LogP contribution in [0.3, 0.4) is 0 Å². The molecule has 0 aliphatic rings. The Balaban J connectivity index is 1.88. The second kappa shape index (κ2) is 7.69. The molecule has 1 heterocycles. The first kappa shape index (κ1) is 15.4. The van der Waals surface area contributed by atoms with Crippen LogP contribution in [-0.2, 0) is 6.54 Å². The summed E-state index contributed by atoms with van der Waals surface area (Å²) >= 11 is 0. The zero-order valence-corrected chi connectivity index (χ0v) is 12.2. The zero-order chi connectivity index (χ0) is 15.8. The summed E-state index contributed by atoms with van der Waals surface area (Å²) in [5.74, 6) is 0.988. The molecule has 22 heavy (non-hydrogen) atoms. The van der Waals surface area contributed by atoms with Gasteiger partial charge in [0.25, 0.3) is 5.39 Å². The Morgan fingerprint density at radius 3 is 2.73 bits per heavy atom. The Bertz CT molecular complexity index is 694. The lowest BCUT2D eigenvalue weighted by atomic mass is 10.3. The van der Waals surface area contributed by atoms with E-state index in [1.807, 2.05) is 30.3 Å². The molecule has 0 aliphatic heterocycles. The van der Waals surface area contributed by atoms with Crippen molar-refractivity contribution in [3.8, 4) is 11.5 Å². The van der Waals surface area contributed by atoms with E-state index in [0.29, 0.717) is 18.8 Å². The quantitative estimate of drug-likeness (QED) is 0.625. The van der Waals surface area contributed by atoms with E-state index in [1.165, 1.54) is 24.4 Å². The van der Waals surface area contributed by atoms with E-state index in [2.05, 4.69) is 10.1 Å². The van der Waals surface area contributed by atoms with Crippen molar-refractivity contribution < 1.29 is 9.47 Å². The van der Waals surface area contributed by atoms with Crippen LogP contribution in [0.25, 0.3) is 5.08 Å². The molecule has 0 amide bonds. The SMILES string of the molecule is COc1c[nH]c(CN(CCOc2ccccc2)[N+]#N)cc1=O. The molecule has 0 saturated carbocycles. The Hall–Kier alpha value is -3.01. The molecular formula is C15H17N4O3+. The highest BCUT2D eigenvalue weighted by atomic mass is 16.5. The third-order valence-electron chi connectivity index (χ3n) is 3.00. The van der Waals surface area contributed by atoms with Crippen LogP contribution in [0.5, 0.6) is 11.5 Å². The standard InChI is InChI=1S/C15H16N4O3/c1-21-15-10-17-12(9-14(15)20)11-19(18-16)7-8-22-13-5-3-2-4-6-13/h2-6,9-10H,7-8,11H2,1H3/p+1. The summed E-state index contributed by atoms with van der Waals surface area (Å²) in [6.07, 6.45) is 1.48. The van der Waals surface area contributed by atoms with Crippen molar-refractivity contribution in [3.63, 3.8) is 0 Å². The van der Waals surface area contributed by atoms with Gasteiger partial charge in [-0.25, -0.2) is 0 Å². The molecule has 0 radical (unpaired) electrons. The van der Waals surface area contributed by atoms with E-state index in [-0.39, 0.29) is 17.7 Å². The second-order valence-electron chi connectivity index (χ2n) is 4.53. The number of H-pyrrole nitrogens is 1. The van der Waals surface area contributed by atoms with Crippen molar-refractivity contribution in [2.75, 3.05) is 20.3 Å². The molecule has 2 rings (SSSR count). The van der Waals surface area contributed by atoms with Gasteiger partial charge in [0.15, 0.2) is 5.75 Å². The maximum absolute atomic E-state index is 11.7. The van der Waals surface area contributed by atoms with Crippen LogP contribution in [0.1, 0.15) is 5.69 Å². The fourth-order valence-electron chi connectivity index (χ4n) is 1.89. The fraction of sp³-hybridized carbons (Fsp3) is 0.267. The molecule has 0 unspecified atom stereocenters. The Kier molecular flexibility index (Phi) is 5.37. The second-order valence-corrected chi connectivity index (χ2v) is 4.53.